The molecule has 2 nitrogen and oxygen atoms in total. The summed E-state index contributed by atoms with van der Waals surface area (Å²) < 4.78 is 4.83. The molecule has 0 spiro atoms. The molecule has 3 aromatic heterocycles. The van der Waals surface area contributed by atoms with Crippen LogP contribution in [0.1, 0.15) is 0 Å². The topological polar surface area (TPSA) is 9.86 Å². The number of hydrogen-bond donors (Lipinski definition) is 0. The van der Waals surface area contributed by atoms with E-state index in [-0.39, 0.29) is 0 Å². The van der Waals surface area contributed by atoms with Gasteiger partial charge in [0.25, 0.3) is 0 Å². The van der Waals surface area contributed by atoms with E-state index < -0.39 is 0 Å². The Kier molecular flexibility index (Phi) is 3.46. The van der Waals surface area contributed by atoms with Gasteiger partial charge in [0.15, 0.2) is 0 Å². The summed E-state index contributed by atoms with van der Waals surface area (Å²) in [5, 5.41) is 5.32. The first kappa shape index (κ1) is 16.9. The first-order valence-electron chi connectivity index (χ1n) is 10.5. The van der Waals surface area contributed by atoms with Gasteiger partial charge in [-0.15, -0.1) is 0 Å². The van der Waals surface area contributed by atoms with Crippen LogP contribution in [0.4, 0.5) is 0 Å². The molecule has 146 valence electrons. The van der Waals surface area contributed by atoms with E-state index >= 15 is 0 Å². The van der Waals surface area contributed by atoms with E-state index in [4.69, 9.17) is 0 Å². The maximum absolute atomic E-state index is 2.42. The Morgan fingerprint density at radius 3 is 1.26 bits per heavy atom. The molecule has 0 atom stereocenters. The monoisotopic (exact) mass is 414 g/mol. The van der Waals surface area contributed by atoms with Crippen LogP contribution in [-0.2, 0) is 0 Å². The average molecular weight is 415 g/mol. The van der Waals surface area contributed by atoms with Crippen LogP contribution in [0.3, 0.4) is 0 Å². The van der Waals surface area contributed by atoms with Gasteiger partial charge in [0.05, 0.1) is 11.0 Å². The Balaban J connectivity index is 1.74. The maximum atomic E-state index is 2.42. The SMILES string of the molecule is c1ccc(-n2c3ccccc3c3c4c5ccccc5n(-c5ccccc5)c4sc32)cc1. The predicted octanol–water partition coefficient (Wildman–Crippen LogP) is 7.94. The lowest BCUT2D eigenvalue weighted by Gasteiger charge is -2.07. The number of nitrogens with zero attached hydrogens (tertiary/aromatic N) is 2. The summed E-state index contributed by atoms with van der Waals surface area (Å²) in [7, 11) is 0. The predicted molar refractivity (Wildman–Crippen MR) is 133 cm³/mol. The number of hydrogen-bond acceptors (Lipinski definition) is 1. The second-order valence-corrected chi connectivity index (χ2v) is 8.82. The summed E-state index contributed by atoms with van der Waals surface area (Å²) in [6.07, 6.45) is 0. The fourth-order valence-electron chi connectivity index (χ4n) is 4.87. The average Bonchev–Trinajstić information content (AvgIpc) is 3.45. The smallest absolute Gasteiger partial charge is 0.111 e. The maximum Gasteiger partial charge on any atom is 0.111 e. The van der Waals surface area contributed by atoms with Gasteiger partial charge in [-0.3, -0.25) is 0 Å². The Labute approximate surface area is 183 Å². The van der Waals surface area contributed by atoms with Gasteiger partial charge in [-0.2, -0.15) is 0 Å². The van der Waals surface area contributed by atoms with Crippen molar-refractivity contribution in [3.8, 4) is 11.4 Å². The highest BCUT2D eigenvalue weighted by Gasteiger charge is 2.23. The molecule has 0 amide bonds. The van der Waals surface area contributed by atoms with Crippen molar-refractivity contribution in [2.75, 3.05) is 0 Å². The Bertz CT molecular complexity index is 1590. The van der Waals surface area contributed by atoms with Gasteiger partial charge in [0.1, 0.15) is 9.66 Å². The summed E-state index contributed by atoms with van der Waals surface area (Å²) in [5.74, 6) is 0. The lowest BCUT2D eigenvalue weighted by molar-refractivity contribution is 1.19. The lowest BCUT2D eigenvalue weighted by Crippen LogP contribution is -1.92. The van der Waals surface area contributed by atoms with Crippen molar-refractivity contribution in [1.82, 2.24) is 9.13 Å². The second kappa shape index (κ2) is 6.34. The highest BCUT2D eigenvalue weighted by Crippen LogP contribution is 2.47. The molecular formula is C28H18N2S. The second-order valence-electron chi connectivity index (χ2n) is 7.84. The Morgan fingerprint density at radius 2 is 0.806 bits per heavy atom. The molecule has 0 unspecified atom stereocenters. The van der Waals surface area contributed by atoms with E-state index in [2.05, 4.69) is 118 Å². The number of thiophene rings is 1. The molecule has 0 saturated heterocycles. The molecule has 7 rings (SSSR count). The van der Waals surface area contributed by atoms with Gasteiger partial charge in [0, 0.05) is 32.9 Å². The van der Waals surface area contributed by atoms with Crippen LogP contribution in [0, 0.1) is 0 Å². The summed E-state index contributed by atoms with van der Waals surface area (Å²) in [6.45, 7) is 0. The van der Waals surface area contributed by atoms with E-state index in [0.717, 1.165) is 0 Å². The molecule has 0 fully saturated rings. The first-order chi connectivity index (χ1) is 15.4. The molecule has 3 heteroatoms. The van der Waals surface area contributed by atoms with Crippen molar-refractivity contribution >= 4 is 53.6 Å². The van der Waals surface area contributed by atoms with Gasteiger partial charge in [-0.1, -0.05) is 84.1 Å². The van der Waals surface area contributed by atoms with Crippen LogP contribution >= 0.6 is 11.3 Å². The molecule has 0 aliphatic carbocycles. The normalized spacial score (nSPS) is 11.9. The van der Waals surface area contributed by atoms with Crippen LogP contribution in [0.15, 0.2) is 109 Å². The zero-order valence-electron chi connectivity index (χ0n) is 16.7. The zero-order valence-corrected chi connectivity index (χ0v) is 17.5. The molecule has 0 aliphatic rings. The fraction of sp³-hybridized carbons (Fsp3) is 0. The highest BCUT2D eigenvalue weighted by atomic mass is 32.1. The van der Waals surface area contributed by atoms with Crippen molar-refractivity contribution in [1.29, 1.82) is 0 Å². The van der Waals surface area contributed by atoms with Crippen LogP contribution in [0.25, 0.3) is 53.6 Å². The van der Waals surface area contributed by atoms with Gasteiger partial charge in [0.2, 0.25) is 0 Å². The largest absolute Gasteiger partial charge is 0.301 e. The minimum Gasteiger partial charge on any atom is -0.301 e. The number of rotatable bonds is 2. The van der Waals surface area contributed by atoms with Crippen molar-refractivity contribution in [2.45, 2.75) is 0 Å². The number of benzene rings is 4. The highest BCUT2D eigenvalue weighted by molar-refractivity contribution is 7.25. The van der Waals surface area contributed by atoms with E-state index in [1.165, 1.54) is 53.6 Å². The van der Waals surface area contributed by atoms with Crippen LogP contribution in [0.2, 0.25) is 0 Å². The van der Waals surface area contributed by atoms with Crippen LogP contribution < -0.4 is 0 Å². The molecule has 31 heavy (non-hydrogen) atoms. The van der Waals surface area contributed by atoms with Crippen molar-refractivity contribution in [2.24, 2.45) is 0 Å². The molecule has 0 radical (unpaired) electrons. The summed E-state index contributed by atoms with van der Waals surface area (Å²) in [6, 6.07) is 38.9. The molecule has 4 aromatic carbocycles. The first-order valence-corrected chi connectivity index (χ1v) is 11.3. The summed E-state index contributed by atoms with van der Waals surface area (Å²) in [4.78, 5) is 2.60. The third kappa shape index (κ3) is 2.27. The lowest BCUT2D eigenvalue weighted by atomic mass is 10.1. The molecule has 0 saturated carbocycles. The van der Waals surface area contributed by atoms with Gasteiger partial charge < -0.3 is 9.13 Å². The van der Waals surface area contributed by atoms with Gasteiger partial charge in [-0.25, -0.2) is 0 Å². The van der Waals surface area contributed by atoms with Crippen molar-refractivity contribution < 1.29 is 0 Å². The third-order valence-corrected chi connectivity index (χ3v) is 7.29. The number of aromatic nitrogens is 2. The standard InChI is InChI=1S/C28H18N2S/c1-3-11-19(12-4-1)29-23-17-9-7-15-21(23)25-26-22-16-8-10-18-24(22)30(28(26)31-27(25)29)20-13-5-2-6-14-20/h1-18H. The van der Waals surface area contributed by atoms with Gasteiger partial charge in [-0.05, 0) is 36.4 Å². The zero-order chi connectivity index (χ0) is 20.4. The minimum absolute atomic E-state index is 1.20. The molecule has 3 heterocycles. The molecular weight excluding hydrogens is 396 g/mol. The van der Waals surface area contributed by atoms with Crippen molar-refractivity contribution in [3.63, 3.8) is 0 Å². The van der Waals surface area contributed by atoms with Gasteiger partial charge >= 0.3 is 0 Å². The van der Waals surface area contributed by atoms with E-state index in [0.29, 0.717) is 0 Å². The summed E-state index contributed by atoms with van der Waals surface area (Å²) in [5.41, 5.74) is 4.92. The molecule has 0 bridgehead atoms. The van der Waals surface area contributed by atoms with Crippen LogP contribution in [-0.4, -0.2) is 9.13 Å². The molecule has 0 N–H and O–H groups in total. The Morgan fingerprint density at radius 1 is 0.419 bits per heavy atom. The third-order valence-electron chi connectivity index (χ3n) is 6.13. The van der Waals surface area contributed by atoms with Crippen molar-refractivity contribution in [3.05, 3.63) is 109 Å². The van der Waals surface area contributed by atoms with E-state index in [1.807, 2.05) is 11.3 Å². The quantitative estimate of drug-likeness (QED) is 0.272. The summed E-state index contributed by atoms with van der Waals surface area (Å²) >= 11 is 1.88. The molecule has 0 aliphatic heterocycles. The fourth-order valence-corrected chi connectivity index (χ4v) is 6.27. The molecule has 7 aromatic rings. The minimum atomic E-state index is 1.20. The van der Waals surface area contributed by atoms with Crippen LogP contribution in [0.5, 0.6) is 0 Å². The number of para-hydroxylation sites is 4. The van der Waals surface area contributed by atoms with E-state index in [1.54, 1.807) is 0 Å². The Hall–Kier alpha value is -3.82. The van der Waals surface area contributed by atoms with E-state index in [9.17, 15) is 0 Å². The number of fused-ring (bicyclic) bond motifs is 7.